The van der Waals surface area contributed by atoms with Gasteiger partial charge in [-0.2, -0.15) is 4.31 Å². The quantitative estimate of drug-likeness (QED) is 0.630. The molecule has 1 amide bonds. The molecule has 0 spiro atoms. The monoisotopic (exact) mass is 499 g/mol. The van der Waals surface area contributed by atoms with E-state index in [0.717, 1.165) is 25.2 Å². The molecule has 5 rings (SSSR count). The van der Waals surface area contributed by atoms with Gasteiger partial charge in [-0.3, -0.25) is 9.69 Å². The fourth-order valence-corrected chi connectivity index (χ4v) is 6.57. The van der Waals surface area contributed by atoms with Gasteiger partial charge in [0.25, 0.3) is 0 Å². The molecule has 0 unspecified atom stereocenters. The van der Waals surface area contributed by atoms with Gasteiger partial charge in [0.2, 0.25) is 15.9 Å². The highest BCUT2D eigenvalue weighted by atomic mass is 32.2. The molecule has 3 heterocycles. The summed E-state index contributed by atoms with van der Waals surface area (Å²) < 4.78 is 38.8. The van der Waals surface area contributed by atoms with Crippen LogP contribution in [0.25, 0.3) is 0 Å². The Morgan fingerprint density at radius 3 is 2.34 bits per heavy atom. The van der Waals surface area contributed by atoms with Gasteiger partial charge in [-0.25, -0.2) is 8.42 Å². The van der Waals surface area contributed by atoms with Crippen LogP contribution in [0.1, 0.15) is 36.8 Å². The van der Waals surface area contributed by atoms with Gasteiger partial charge in [0.1, 0.15) is 13.2 Å². The predicted molar refractivity (Wildman–Crippen MR) is 132 cm³/mol. The third kappa shape index (κ3) is 5.47. The standard InChI is InChI=1S/C26H33N3O5S/c30-26(27-18-21-5-1-2-6-22(21)19-28-11-3-4-12-28)20-9-13-29(14-10-20)35(31,32)23-7-8-24-25(17-23)34-16-15-33-24/h1-2,5-8,17,20H,3-4,9-16,18-19H2,(H,27,30). The average Bonchev–Trinajstić information content (AvgIpc) is 3.41. The van der Waals surface area contributed by atoms with E-state index in [0.29, 0.717) is 57.2 Å². The van der Waals surface area contributed by atoms with Gasteiger partial charge in [-0.15, -0.1) is 0 Å². The number of carbonyl (C=O) groups excluding carboxylic acids is 1. The van der Waals surface area contributed by atoms with Gasteiger partial charge in [-0.1, -0.05) is 24.3 Å². The van der Waals surface area contributed by atoms with Crippen LogP contribution in [-0.2, 0) is 27.9 Å². The van der Waals surface area contributed by atoms with Crippen molar-refractivity contribution in [2.45, 2.75) is 43.7 Å². The number of benzene rings is 2. The van der Waals surface area contributed by atoms with Gasteiger partial charge >= 0.3 is 0 Å². The first kappa shape index (κ1) is 24.1. The molecule has 0 aromatic heterocycles. The van der Waals surface area contributed by atoms with Crippen LogP contribution in [0.2, 0.25) is 0 Å². The lowest BCUT2D eigenvalue weighted by Crippen LogP contribution is -2.42. The Bertz CT molecular complexity index is 1160. The maximum absolute atomic E-state index is 13.2. The summed E-state index contributed by atoms with van der Waals surface area (Å²) in [6.45, 7) is 5.18. The maximum atomic E-state index is 13.2. The molecule has 0 bridgehead atoms. The second-order valence-corrected chi connectivity index (χ2v) is 11.4. The van der Waals surface area contributed by atoms with Crippen LogP contribution in [0, 0.1) is 5.92 Å². The van der Waals surface area contributed by atoms with Gasteiger partial charge < -0.3 is 14.8 Å². The second kappa shape index (κ2) is 10.6. The molecule has 0 atom stereocenters. The van der Waals surface area contributed by atoms with Crippen molar-refractivity contribution in [1.29, 1.82) is 0 Å². The fraction of sp³-hybridized carbons (Fsp3) is 0.500. The molecule has 0 aliphatic carbocycles. The first-order valence-electron chi connectivity index (χ1n) is 12.5. The summed E-state index contributed by atoms with van der Waals surface area (Å²) >= 11 is 0. The van der Waals surface area contributed by atoms with Crippen molar-refractivity contribution in [1.82, 2.24) is 14.5 Å². The fourth-order valence-electron chi connectivity index (χ4n) is 5.08. The highest BCUT2D eigenvalue weighted by molar-refractivity contribution is 7.89. The number of hydrogen-bond acceptors (Lipinski definition) is 6. The first-order valence-corrected chi connectivity index (χ1v) is 13.9. The highest BCUT2D eigenvalue weighted by Crippen LogP contribution is 2.34. The summed E-state index contributed by atoms with van der Waals surface area (Å²) in [5.41, 5.74) is 2.40. The minimum absolute atomic E-state index is 0.00245. The summed E-state index contributed by atoms with van der Waals surface area (Å²) in [7, 11) is -3.66. The first-order chi connectivity index (χ1) is 17.0. The van der Waals surface area contributed by atoms with Crippen LogP contribution < -0.4 is 14.8 Å². The van der Waals surface area contributed by atoms with Crippen molar-refractivity contribution in [3.8, 4) is 11.5 Å². The Kier molecular flexibility index (Phi) is 7.27. The van der Waals surface area contributed by atoms with Crippen molar-refractivity contribution in [2.24, 2.45) is 5.92 Å². The van der Waals surface area contributed by atoms with Crippen molar-refractivity contribution in [3.63, 3.8) is 0 Å². The summed E-state index contributed by atoms with van der Waals surface area (Å²) in [6.07, 6.45) is 3.51. The molecule has 3 aliphatic heterocycles. The van der Waals surface area contributed by atoms with E-state index in [-0.39, 0.29) is 16.7 Å². The van der Waals surface area contributed by atoms with E-state index in [4.69, 9.17) is 9.47 Å². The number of rotatable bonds is 7. The van der Waals surface area contributed by atoms with Gasteiger partial charge in [0, 0.05) is 38.2 Å². The van der Waals surface area contributed by atoms with Gasteiger partial charge in [0.05, 0.1) is 4.90 Å². The predicted octanol–water partition coefficient (Wildman–Crippen LogP) is 2.77. The topological polar surface area (TPSA) is 88.2 Å². The SMILES string of the molecule is O=C(NCc1ccccc1CN1CCCC1)C1CCN(S(=O)(=O)c2ccc3c(c2)OCCO3)CC1. The number of amides is 1. The molecular formula is C26H33N3O5S. The average molecular weight is 500 g/mol. The molecular weight excluding hydrogens is 466 g/mol. The van der Waals surface area contributed by atoms with Crippen molar-refractivity contribution < 1.29 is 22.7 Å². The van der Waals surface area contributed by atoms with Crippen molar-refractivity contribution in [2.75, 3.05) is 39.4 Å². The lowest BCUT2D eigenvalue weighted by Gasteiger charge is -2.31. The maximum Gasteiger partial charge on any atom is 0.243 e. The van der Waals surface area contributed by atoms with Crippen LogP contribution in [0.15, 0.2) is 47.4 Å². The molecule has 1 N–H and O–H groups in total. The minimum Gasteiger partial charge on any atom is -0.486 e. The van der Waals surface area contributed by atoms with Crippen molar-refractivity contribution >= 4 is 15.9 Å². The Morgan fingerprint density at radius 2 is 1.60 bits per heavy atom. The highest BCUT2D eigenvalue weighted by Gasteiger charge is 2.33. The van der Waals surface area contributed by atoms with Crippen LogP contribution in [0.3, 0.4) is 0 Å². The lowest BCUT2D eigenvalue weighted by molar-refractivity contribution is -0.126. The van der Waals surface area contributed by atoms with E-state index in [2.05, 4.69) is 28.4 Å². The van der Waals surface area contributed by atoms with Crippen LogP contribution in [-0.4, -0.2) is 62.9 Å². The largest absolute Gasteiger partial charge is 0.486 e. The van der Waals surface area contributed by atoms with E-state index < -0.39 is 10.0 Å². The number of nitrogens with zero attached hydrogens (tertiary/aromatic N) is 2. The van der Waals surface area contributed by atoms with Crippen molar-refractivity contribution in [3.05, 3.63) is 53.6 Å². The summed E-state index contributed by atoms with van der Waals surface area (Å²) in [6, 6.07) is 13.0. The third-order valence-corrected chi connectivity index (χ3v) is 9.03. The van der Waals surface area contributed by atoms with Crippen LogP contribution >= 0.6 is 0 Å². The zero-order valence-corrected chi connectivity index (χ0v) is 20.8. The number of carbonyl (C=O) groups is 1. The number of sulfonamides is 1. The van der Waals surface area contributed by atoms with Crippen LogP contribution in [0.5, 0.6) is 11.5 Å². The molecule has 35 heavy (non-hydrogen) atoms. The molecule has 188 valence electrons. The third-order valence-electron chi connectivity index (χ3n) is 7.14. The number of fused-ring (bicyclic) bond motifs is 1. The lowest BCUT2D eigenvalue weighted by atomic mass is 9.97. The number of hydrogen-bond donors (Lipinski definition) is 1. The van der Waals surface area contributed by atoms with E-state index in [1.54, 1.807) is 12.1 Å². The number of piperidine rings is 1. The smallest absolute Gasteiger partial charge is 0.243 e. The van der Waals surface area contributed by atoms with E-state index in [1.165, 1.54) is 28.8 Å². The molecule has 9 heteroatoms. The van der Waals surface area contributed by atoms with Crippen LogP contribution in [0.4, 0.5) is 0 Å². The Hall–Kier alpha value is -2.62. The Morgan fingerprint density at radius 1 is 0.914 bits per heavy atom. The molecule has 2 fully saturated rings. The zero-order valence-electron chi connectivity index (χ0n) is 19.9. The van der Waals surface area contributed by atoms with E-state index >= 15 is 0 Å². The van der Waals surface area contributed by atoms with E-state index in [1.807, 2.05) is 6.07 Å². The minimum atomic E-state index is -3.66. The van der Waals surface area contributed by atoms with Gasteiger partial charge in [-0.05, 0) is 62.0 Å². The number of ether oxygens (including phenoxy) is 2. The summed E-state index contributed by atoms with van der Waals surface area (Å²) in [4.78, 5) is 15.5. The molecule has 2 aromatic carbocycles. The molecule has 0 saturated carbocycles. The van der Waals surface area contributed by atoms with Gasteiger partial charge in [0.15, 0.2) is 11.5 Å². The van der Waals surface area contributed by atoms with E-state index in [9.17, 15) is 13.2 Å². The summed E-state index contributed by atoms with van der Waals surface area (Å²) in [5.74, 6) is 0.828. The molecule has 3 aliphatic rings. The zero-order chi connectivity index (χ0) is 24.3. The molecule has 2 saturated heterocycles. The molecule has 8 nitrogen and oxygen atoms in total. The number of nitrogens with one attached hydrogen (secondary N) is 1. The number of likely N-dealkylation sites (tertiary alicyclic amines) is 1. The normalized spacial score (nSPS) is 19.5. The summed E-state index contributed by atoms with van der Waals surface area (Å²) in [5, 5.41) is 3.10. The Labute approximate surface area is 207 Å². The Balaban J connectivity index is 1.15. The molecule has 2 aromatic rings. The second-order valence-electron chi connectivity index (χ2n) is 9.45. The molecule has 0 radical (unpaired) electrons.